The summed E-state index contributed by atoms with van der Waals surface area (Å²) in [6.45, 7) is 5.76. The van der Waals surface area contributed by atoms with Gasteiger partial charge < -0.3 is 34.7 Å². The highest BCUT2D eigenvalue weighted by atomic mass is 28.4. The minimum absolute atomic E-state index is 0.0772. The van der Waals surface area contributed by atoms with Crippen LogP contribution in [0.15, 0.2) is 72.9 Å². The summed E-state index contributed by atoms with van der Waals surface area (Å²) in [7, 11) is -3.11. The number of aromatic amines is 1. The molecule has 272 valence electrons. The third-order valence-corrected chi connectivity index (χ3v) is 13.5. The number of ether oxygens (including phenoxy) is 1. The van der Waals surface area contributed by atoms with Crippen LogP contribution in [-0.4, -0.2) is 76.0 Å². The zero-order chi connectivity index (χ0) is 36.9. The van der Waals surface area contributed by atoms with Crippen LogP contribution in [0, 0.1) is 16.0 Å². The van der Waals surface area contributed by atoms with Gasteiger partial charge in [0, 0.05) is 58.5 Å². The van der Waals surface area contributed by atoms with E-state index in [-0.39, 0.29) is 49.5 Å². The summed E-state index contributed by atoms with van der Waals surface area (Å²) in [6, 6.07) is 18.9. The van der Waals surface area contributed by atoms with E-state index in [9.17, 15) is 34.4 Å². The highest BCUT2D eigenvalue weighted by Gasteiger charge is 2.66. The van der Waals surface area contributed by atoms with Gasteiger partial charge in [-0.05, 0) is 61.3 Å². The molecule has 52 heavy (non-hydrogen) atoms. The number of hydrogen-bond donors (Lipinski definition) is 4. The number of nitro benzene ring substituents is 1. The van der Waals surface area contributed by atoms with Gasteiger partial charge in [0.1, 0.15) is 0 Å². The average molecular weight is 726 g/mol. The molecular weight excluding hydrogens is 683 g/mol. The van der Waals surface area contributed by atoms with E-state index in [1.165, 1.54) is 17.0 Å². The number of rotatable bonds is 10. The van der Waals surface area contributed by atoms with E-state index in [1.807, 2.05) is 43.5 Å². The number of anilines is 2. The first-order valence-corrected chi connectivity index (χ1v) is 20.7. The fraction of sp³-hybridized carbons (Fsp3) is 0.395. The number of nitrogens with one attached hydrogen (secondary N) is 2. The van der Waals surface area contributed by atoms with Crippen LogP contribution in [0.3, 0.4) is 0 Å². The van der Waals surface area contributed by atoms with Crippen molar-refractivity contribution in [2.24, 2.45) is 5.92 Å². The topological polar surface area (TPSA) is 178 Å². The summed E-state index contributed by atoms with van der Waals surface area (Å²) in [4.78, 5) is 71.1. The Kier molecular flexibility index (Phi) is 9.27. The van der Waals surface area contributed by atoms with E-state index < -0.39 is 42.3 Å². The SMILES string of the molecule is C[C@@H]1[C@@H]([Si](C)(C)O)[C@H](CC(=O)N2CCC[C@H]2CO)O[C@@]12C(=O)N(Cc1cccc(NC(=O)Cc3c[nH]c4ccccc34)c1)c1ccc([N+](=O)[O-])cc12. The zero-order valence-corrected chi connectivity index (χ0v) is 30.4. The Balaban J connectivity index is 1.18. The second-order valence-corrected chi connectivity index (χ2v) is 18.7. The molecule has 3 aliphatic heterocycles. The Morgan fingerprint density at radius 1 is 1.13 bits per heavy atom. The maximum absolute atomic E-state index is 14.9. The fourth-order valence-electron chi connectivity index (χ4n) is 8.77. The lowest BCUT2D eigenvalue weighted by Gasteiger charge is -2.32. The van der Waals surface area contributed by atoms with Crippen LogP contribution in [0.2, 0.25) is 18.6 Å². The van der Waals surface area contributed by atoms with Gasteiger partial charge in [0.2, 0.25) is 11.8 Å². The Hall–Kier alpha value is -4.89. The van der Waals surface area contributed by atoms with Crippen LogP contribution in [-0.2, 0) is 37.7 Å². The minimum atomic E-state index is -3.11. The molecule has 14 heteroatoms. The number of carbonyl (C=O) groups is 3. The van der Waals surface area contributed by atoms with Gasteiger partial charge in [0.05, 0.1) is 48.7 Å². The summed E-state index contributed by atoms with van der Waals surface area (Å²) in [6.07, 6.45) is 2.52. The lowest BCUT2D eigenvalue weighted by molar-refractivity contribution is -0.385. The number of non-ortho nitro benzene ring substituents is 1. The van der Waals surface area contributed by atoms with Crippen molar-refractivity contribution in [3.63, 3.8) is 0 Å². The van der Waals surface area contributed by atoms with Crippen molar-refractivity contribution in [2.45, 2.75) is 75.5 Å². The molecule has 1 aromatic heterocycles. The third kappa shape index (κ3) is 6.19. The number of para-hydroxylation sites is 1. The van der Waals surface area contributed by atoms with Gasteiger partial charge in [-0.1, -0.05) is 37.3 Å². The first kappa shape index (κ1) is 35.5. The van der Waals surface area contributed by atoms with Gasteiger partial charge in [-0.2, -0.15) is 0 Å². The second kappa shape index (κ2) is 13.6. The van der Waals surface area contributed by atoms with Gasteiger partial charge in [0.25, 0.3) is 11.6 Å². The standard InChI is InChI=1S/C38H43N5O8Si/c1-23-36(52(2,3)50)33(19-35(46)41-15-7-10-28(41)22-44)51-38(23)30-18-27(43(48)49)13-14-32(30)42(37(38)47)21-24-8-6-9-26(16-24)40-34(45)17-25-20-39-31-12-5-4-11-29(25)31/h4-6,8-9,11-14,16,18,20,23,28,33,36,39,44,50H,7,10,15,17,19,21-22H2,1-3H3,(H,40,45)/t23-,28+,33+,36-,38+/m1/s1. The lowest BCUT2D eigenvalue weighted by atomic mass is 9.82. The number of aromatic nitrogens is 1. The molecule has 4 N–H and O–H groups in total. The second-order valence-electron chi connectivity index (χ2n) is 14.8. The van der Waals surface area contributed by atoms with Crippen molar-refractivity contribution >= 4 is 54.0 Å². The monoisotopic (exact) mass is 725 g/mol. The number of hydrogen-bond acceptors (Lipinski definition) is 8. The maximum Gasteiger partial charge on any atom is 0.269 e. The van der Waals surface area contributed by atoms with Gasteiger partial charge in [-0.25, -0.2) is 0 Å². The number of fused-ring (bicyclic) bond motifs is 3. The van der Waals surface area contributed by atoms with Gasteiger partial charge in [-0.3, -0.25) is 24.5 Å². The number of carbonyl (C=O) groups excluding carboxylic acids is 3. The van der Waals surface area contributed by atoms with Crippen molar-refractivity contribution in [3.8, 4) is 0 Å². The third-order valence-electron chi connectivity index (χ3n) is 11.0. The number of likely N-dealkylation sites (tertiary alicyclic amines) is 1. The maximum atomic E-state index is 14.9. The van der Waals surface area contributed by atoms with Crippen LogP contribution < -0.4 is 10.2 Å². The number of aliphatic hydroxyl groups is 1. The Morgan fingerprint density at radius 3 is 2.67 bits per heavy atom. The Morgan fingerprint density at radius 2 is 1.92 bits per heavy atom. The van der Waals surface area contributed by atoms with Crippen molar-refractivity contribution in [1.29, 1.82) is 0 Å². The smallest absolute Gasteiger partial charge is 0.269 e. The molecule has 2 fully saturated rings. The minimum Gasteiger partial charge on any atom is -0.432 e. The molecule has 2 saturated heterocycles. The highest BCUT2D eigenvalue weighted by molar-refractivity contribution is 6.71. The van der Waals surface area contributed by atoms with Crippen LogP contribution in [0.25, 0.3) is 10.9 Å². The summed E-state index contributed by atoms with van der Waals surface area (Å²) in [5.74, 6) is -1.49. The van der Waals surface area contributed by atoms with Crippen LogP contribution in [0.4, 0.5) is 17.1 Å². The van der Waals surface area contributed by atoms with Gasteiger partial charge in [-0.15, -0.1) is 0 Å². The number of amides is 3. The lowest BCUT2D eigenvalue weighted by Crippen LogP contribution is -2.46. The van der Waals surface area contributed by atoms with Gasteiger partial charge >= 0.3 is 0 Å². The average Bonchev–Trinajstić information content (AvgIpc) is 3.86. The number of H-pyrrole nitrogens is 1. The predicted molar refractivity (Wildman–Crippen MR) is 197 cm³/mol. The molecule has 13 nitrogen and oxygen atoms in total. The number of nitro groups is 1. The summed E-state index contributed by atoms with van der Waals surface area (Å²) >= 11 is 0. The quantitative estimate of drug-likeness (QED) is 0.101. The van der Waals surface area contributed by atoms with Crippen LogP contribution in [0.1, 0.15) is 42.9 Å². The molecule has 3 amide bonds. The van der Waals surface area contributed by atoms with Crippen LogP contribution in [0.5, 0.6) is 0 Å². The zero-order valence-electron chi connectivity index (χ0n) is 29.4. The fourth-order valence-corrected chi connectivity index (χ4v) is 11.3. The van der Waals surface area contributed by atoms with E-state index in [2.05, 4.69) is 10.3 Å². The normalized spacial score (nSPS) is 24.2. The molecule has 0 radical (unpaired) electrons. The molecule has 0 aliphatic carbocycles. The van der Waals surface area contributed by atoms with Crippen molar-refractivity contribution < 1.29 is 33.9 Å². The molecule has 4 aromatic rings. The molecule has 0 bridgehead atoms. The van der Waals surface area contributed by atoms with E-state index in [1.54, 1.807) is 42.3 Å². The van der Waals surface area contributed by atoms with E-state index in [0.29, 0.717) is 35.5 Å². The first-order chi connectivity index (χ1) is 24.8. The highest BCUT2D eigenvalue weighted by Crippen LogP contribution is 2.60. The molecule has 3 aliphatic rings. The molecule has 3 aromatic carbocycles. The van der Waals surface area contributed by atoms with Crippen molar-refractivity contribution in [1.82, 2.24) is 9.88 Å². The molecule has 5 atom stereocenters. The molecule has 0 unspecified atom stereocenters. The van der Waals surface area contributed by atoms with Crippen molar-refractivity contribution in [2.75, 3.05) is 23.4 Å². The summed E-state index contributed by atoms with van der Waals surface area (Å²) in [5, 5.41) is 25.8. The predicted octanol–water partition coefficient (Wildman–Crippen LogP) is 4.98. The van der Waals surface area contributed by atoms with E-state index in [4.69, 9.17) is 4.74 Å². The van der Waals surface area contributed by atoms with E-state index in [0.717, 1.165) is 22.9 Å². The van der Waals surface area contributed by atoms with E-state index >= 15 is 0 Å². The summed E-state index contributed by atoms with van der Waals surface area (Å²) in [5.41, 5.74) is 1.39. The largest absolute Gasteiger partial charge is 0.432 e. The molecule has 4 heterocycles. The number of benzene rings is 3. The number of nitrogens with zero attached hydrogens (tertiary/aromatic N) is 3. The van der Waals surface area contributed by atoms with Crippen LogP contribution >= 0.6 is 0 Å². The summed E-state index contributed by atoms with van der Waals surface area (Å²) < 4.78 is 6.75. The van der Waals surface area contributed by atoms with Gasteiger partial charge in [0.15, 0.2) is 13.9 Å². The van der Waals surface area contributed by atoms with Crippen molar-refractivity contribution in [3.05, 3.63) is 99.7 Å². The molecular formula is C38H43N5O8Si. The number of aliphatic hydroxyl groups excluding tert-OH is 1. The molecule has 7 rings (SSSR count). The molecule has 0 saturated carbocycles. The Bertz CT molecular complexity index is 2060. The molecule has 1 spiro atoms. The Labute approximate surface area is 301 Å². The first-order valence-electron chi connectivity index (χ1n) is 17.7.